The fourth-order valence-electron chi connectivity index (χ4n) is 1.72. The summed E-state index contributed by atoms with van der Waals surface area (Å²) >= 11 is 0. The lowest BCUT2D eigenvalue weighted by Gasteiger charge is -2.21. The van der Waals surface area contributed by atoms with Gasteiger partial charge in [0.1, 0.15) is 5.82 Å². The van der Waals surface area contributed by atoms with Crippen LogP contribution in [0, 0.1) is 12.8 Å². The molecule has 0 saturated heterocycles. The summed E-state index contributed by atoms with van der Waals surface area (Å²) in [6.45, 7) is 2.10. The van der Waals surface area contributed by atoms with Crippen molar-refractivity contribution in [2.24, 2.45) is 5.92 Å². The van der Waals surface area contributed by atoms with Crippen molar-refractivity contribution < 1.29 is 14.7 Å². The molecule has 0 aliphatic heterocycles. The highest BCUT2D eigenvalue weighted by molar-refractivity contribution is 5.96. The first kappa shape index (κ1) is 12.5. The maximum atomic E-state index is 12.1. The molecule has 0 bridgehead atoms. The molecule has 1 heterocycles. The molecule has 96 valence electrons. The summed E-state index contributed by atoms with van der Waals surface area (Å²) in [6, 6.07) is 3.63. The quantitative estimate of drug-likeness (QED) is 0.859. The highest BCUT2D eigenvalue weighted by Gasteiger charge is 2.34. The van der Waals surface area contributed by atoms with Crippen molar-refractivity contribution >= 4 is 17.7 Å². The summed E-state index contributed by atoms with van der Waals surface area (Å²) in [5.74, 6) is -0.316. The zero-order valence-electron chi connectivity index (χ0n) is 10.3. The lowest BCUT2D eigenvalue weighted by Crippen LogP contribution is -2.34. The average Bonchev–Trinajstić information content (AvgIpc) is 3.15. The van der Waals surface area contributed by atoms with Crippen molar-refractivity contribution in [3.05, 3.63) is 23.9 Å². The molecule has 1 aliphatic rings. The third-order valence-electron chi connectivity index (χ3n) is 2.91. The van der Waals surface area contributed by atoms with Crippen LogP contribution in [0.4, 0.5) is 5.82 Å². The van der Waals surface area contributed by atoms with Gasteiger partial charge >= 0.3 is 5.97 Å². The first-order chi connectivity index (χ1) is 8.58. The predicted molar refractivity (Wildman–Crippen MR) is 66.3 cm³/mol. The standard InChI is InChI=1S/C13H16N2O3/c1-9-2-5-11(14-8-9)15(7-6-12(16)17)13(18)10-3-4-10/h2,5,8,10H,3-4,6-7H2,1H3,(H,16,17). The van der Waals surface area contributed by atoms with Crippen LogP contribution in [0.15, 0.2) is 18.3 Å². The van der Waals surface area contributed by atoms with E-state index >= 15 is 0 Å². The van der Waals surface area contributed by atoms with Gasteiger partial charge in [0, 0.05) is 18.7 Å². The van der Waals surface area contributed by atoms with Gasteiger partial charge in [-0.05, 0) is 31.4 Å². The van der Waals surface area contributed by atoms with Crippen LogP contribution in [0.3, 0.4) is 0 Å². The number of hydrogen-bond donors (Lipinski definition) is 1. The second-order valence-electron chi connectivity index (χ2n) is 4.60. The second kappa shape index (κ2) is 5.16. The van der Waals surface area contributed by atoms with Gasteiger partial charge < -0.3 is 5.11 Å². The Morgan fingerprint density at radius 1 is 1.44 bits per heavy atom. The number of anilines is 1. The van der Waals surface area contributed by atoms with Gasteiger partial charge in [-0.15, -0.1) is 0 Å². The number of rotatable bonds is 5. The van der Waals surface area contributed by atoms with Crippen LogP contribution in [0.1, 0.15) is 24.8 Å². The summed E-state index contributed by atoms with van der Waals surface area (Å²) in [5.41, 5.74) is 1.01. The molecule has 0 atom stereocenters. The number of carbonyl (C=O) groups is 2. The van der Waals surface area contributed by atoms with Crippen molar-refractivity contribution in [2.75, 3.05) is 11.4 Å². The Kier molecular flexibility index (Phi) is 3.60. The molecule has 1 saturated carbocycles. The van der Waals surface area contributed by atoms with Gasteiger partial charge in [0.25, 0.3) is 0 Å². The van der Waals surface area contributed by atoms with Gasteiger partial charge in [-0.25, -0.2) is 4.98 Å². The Hall–Kier alpha value is -1.91. The van der Waals surface area contributed by atoms with E-state index in [1.807, 2.05) is 13.0 Å². The van der Waals surface area contributed by atoms with E-state index in [4.69, 9.17) is 5.11 Å². The third kappa shape index (κ3) is 3.06. The molecule has 1 aromatic rings. The topological polar surface area (TPSA) is 70.5 Å². The van der Waals surface area contributed by atoms with E-state index < -0.39 is 5.97 Å². The SMILES string of the molecule is Cc1ccc(N(CCC(=O)O)C(=O)C2CC2)nc1. The van der Waals surface area contributed by atoms with E-state index in [0.29, 0.717) is 5.82 Å². The number of aliphatic carboxylic acids is 1. The molecule has 0 unspecified atom stereocenters. The van der Waals surface area contributed by atoms with Crippen LogP contribution in [0.5, 0.6) is 0 Å². The molecule has 0 aromatic carbocycles. The zero-order valence-corrected chi connectivity index (χ0v) is 10.3. The monoisotopic (exact) mass is 248 g/mol. The molecular weight excluding hydrogens is 232 g/mol. The number of hydrogen-bond acceptors (Lipinski definition) is 3. The number of aromatic nitrogens is 1. The molecule has 1 fully saturated rings. The maximum absolute atomic E-state index is 12.1. The van der Waals surface area contributed by atoms with Crippen molar-refractivity contribution in [1.82, 2.24) is 4.98 Å². The van der Waals surface area contributed by atoms with Gasteiger partial charge in [0.15, 0.2) is 0 Å². The molecule has 5 heteroatoms. The molecular formula is C13H16N2O3. The van der Waals surface area contributed by atoms with E-state index in [9.17, 15) is 9.59 Å². The van der Waals surface area contributed by atoms with E-state index in [-0.39, 0.29) is 24.8 Å². The largest absolute Gasteiger partial charge is 0.481 e. The minimum Gasteiger partial charge on any atom is -0.481 e. The number of carboxylic acids is 1. The number of pyridine rings is 1. The number of carbonyl (C=O) groups excluding carboxylic acids is 1. The number of nitrogens with zero attached hydrogens (tertiary/aromatic N) is 2. The maximum Gasteiger partial charge on any atom is 0.305 e. The van der Waals surface area contributed by atoms with Gasteiger partial charge in [0.2, 0.25) is 5.91 Å². The smallest absolute Gasteiger partial charge is 0.305 e. The fourth-order valence-corrected chi connectivity index (χ4v) is 1.72. The van der Waals surface area contributed by atoms with Crippen LogP contribution in [-0.2, 0) is 9.59 Å². The Bertz CT molecular complexity index is 452. The van der Waals surface area contributed by atoms with Gasteiger partial charge in [-0.2, -0.15) is 0 Å². The lowest BCUT2D eigenvalue weighted by molar-refractivity contribution is -0.136. The van der Waals surface area contributed by atoms with Crippen LogP contribution < -0.4 is 4.90 Å². The molecule has 2 rings (SSSR count). The summed E-state index contributed by atoms with van der Waals surface area (Å²) in [4.78, 5) is 28.4. The number of carboxylic acid groups (broad SMARTS) is 1. The molecule has 0 radical (unpaired) electrons. The second-order valence-corrected chi connectivity index (χ2v) is 4.60. The van der Waals surface area contributed by atoms with Crippen molar-refractivity contribution in [1.29, 1.82) is 0 Å². The summed E-state index contributed by atoms with van der Waals surface area (Å²) < 4.78 is 0. The summed E-state index contributed by atoms with van der Waals surface area (Å²) in [7, 11) is 0. The number of aryl methyl sites for hydroxylation is 1. The Labute approximate surface area is 105 Å². The molecule has 1 amide bonds. The predicted octanol–water partition coefficient (Wildman–Crippen LogP) is 1.61. The highest BCUT2D eigenvalue weighted by atomic mass is 16.4. The van der Waals surface area contributed by atoms with Crippen LogP contribution >= 0.6 is 0 Å². The minimum atomic E-state index is -0.907. The van der Waals surface area contributed by atoms with Gasteiger partial charge in [-0.3, -0.25) is 14.5 Å². The number of amides is 1. The Morgan fingerprint density at radius 3 is 2.67 bits per heavy atom. The third-order valence-corrected chi connectivity index (χ3v) is 2.91. The molecule has 0 spiro atoms. The summed E-state index contributed by atoms with van der Waals surface area (Å²) in [5, 5.41) is 8.73. The summed E-state index contributed by atoms with van der Waals surface area (Å²) in [6.07, 6.45) is 3.42. The molecule has 18 heavy (non-hydrogen) atoms. The first-order valence-electron chi connectivity index (χ1n) is 6.04. The van der Waals surface area contributed by atoms with Crippen molar-refractivity contribution in [2.45, 2.75) is 26.2 Å². The first-order valence-corrected chi connectivity index (χ1v) is 6.04. The van der Waals surface area contributed by atoms with E-state index in [1.165, 1.54) is 4.90 Å². The molecule has 1 N–H and O–H groups in total. The Morgan fingerprint density at radius 2 is 2.17 bits per heavy atom. The fraction of sp³-hybridized carbons (Fsp3) is 0.462. The van der Waals surface area contributed by atoms with Crippen LogP contribution in [-0.4, -0.2) is 28.5 Å². The van der Waals surface area contributed by atoms with E-state index in [2.05, 4.69) is 4.98 Å². The van der Waals surface area contributed by atoms with Gasteiger partial charge in [0.05, 0.1) is 6.42 Å². The van der Waals surface area contributed by atoms with Crippen LogP contribution in [0.2, 0.25) is 0 Å². The molecule has 1 aromatic heterocycles. The van der Waals surface area contributed by atoms with Gasteiger partial charge in [-0.1, -0.05) is 6.07 Å². The zero-order chi connectivity index (χ0) is 13.1. The molecule has 1 aliphatic carbocycles. The average molecular weight is 248 g/mol. The normalized spacial score (nSPS) is 14.3. The van der Waals surface area contributed by atoms with E-state index in [1.54, 1.807) is 12.3 Å². The van der Waals surface area contributed by atoms with Crippen LogP contribution in [0.25, 0.3) is 0 Å². The van der Waals surface area contributed by atoms with Crippen molar-refractivity contribution in [3.63, 3.8) is 0 Å². The highest BCUT2D eigenvalue weighted by Crippen LogP contribution is 2.32. The minimum absolute atomic E-state index is 0.00685. The molecule has 5 nitrogen and oxygen atoms in total. The van der Waals surface area contributed by atoms with E-state index in [0.717, 1.165) is 18.4 Å². The lowest BCUT2D eigenvalue weighted by atomic mass is 10.2. The van der Waals surface area contributed by atoms with Crippen molar-refractivity contribution in [3.8, 4) is 0 Å². The Balaban J connectivity index is 2.14.